The molecule has 0 aromatic heterocycles. The van der Waals surface area contributed by atoms with Gasteiger partial charge in [-0.25, -0.2) is 9.59 Å². The Bertz CT molecular complexity index is 823. The molecule has 202 valence electrons. The van der Waals surface area contributed by atoms with E-state index in [9.17, 15) is 19.2 Å². The topological polar surface area (TPSA) is 114 Å². The summed E-state index contributed by atoms with van der Waals surface area (Å²) in [6.45, 7) is 4.55. The largest absolute Gasteiger partial charge is 0.445 e. The number of ether oxygens (including phenoxy) is 2. The summed E-state index contributed by atoms with van der Waals surface area (Å²) in [7, 11) is 0. The van der Waals surface area contributed by atoms with E-state index in [1.807, 2.05) is 20.1 Å². The van der Waals surface area contributed by atoms with Gasteiger partial charge in [-0.1, -0.05) is 26.0 Å². The first-order valence-corrected chi connectivity index (χ1v) is 14.0. The van der Waals surface area contributed by atoms with Gasteiger partial charge < -0.3 is 25.0 Å². The van der Waals surface area contributed by atoms with Crippen LogP contribution in [0.3, 0.4) is 0 Å². The van der Waals surface area contributed by atoms with Gasteiger partial charge in [0, 0.05) is 24.8 Å². The van der Waals surface area contributed by atoms with Crippen molar-refractivity contribution in [1.29, 1.82) is 0 Å². The second-order valence-electron chi connectivity index (χ2n) is 8.29. The summed E-state index contributed by atoms with van der Waals surface area (Å²) in [5, 5.41) is 5.21. The quantitative estimate of drug-likeness (QED) is 0.129. The Morgan fingerprint density at radius 2 is 1.72 bits per heavy atom. The molecule has 1 aromatic rings. The van der Waals surface area contributed by atoms with Crippen molar-refractivity contribution < 1.29 is 28.7 Å². The van der Waals surface area contributed by atoms with Crippen LogP contribution in [-0.2, 0) is 25.7 Å². The molecule has 2 atom stereocenters. The molecule has 0 fully saturated rings. The Labute approximate surface area is 226 Å². The van der Waals surface area contributed by atoms with Crippen LogP contribution >= 0.6 is 35.0 Å². The average molecular weight is 565 g/mol. The smallest absolute Gasteiger partial charge is 0.410 e. The van der Waals surface area contributed by atoms with Gasteiger partial charge in [0.1, 0.15) is 24.4 Å². The molecule has 0 radical (unpaired) electrons. The molecule has 3 amide bonds. The maximum atomic E-state index is 12.8. The SMILES string of the molecule is CSCC[C@H](NC=O)C(=O)NC(CC(C)C)C(=O)Oc1ccc(COC(=O)N(CCCl)CCCl)cc1. The second-order valence-corrected chi connectivity index (χ2v) is 10.0. The monoisotopic (exact) mass is 563 g/mol. The van der Waals surface area contributed by atoms with Crippen LogP contribution < -0.4 is 15.4 Å². The highest BCUT2D eigenvalue weighted by atomic mass is 35.5. The van der Waals surface area contributed by atoms with Crippen LogP contribution in [0.5, 0.6) is 5.75 Å². The Kier molecular flexibility index (Phi) is 16.0. The lowest BCUT2D eigenvalue weighted by molar-refractivity contribution is -0.140. The molecular formula is C24H35Cl2N3O6S. The van der Waals surface area contributed by atoms with Crippen molar-refractivity contribution in [2.75, 3.05) is 36.9 Å². The lowest BCUT2D eigenvalue weighted by Gasteiger charge is -2.22. The Morgan fingerprint density at radius 3 is 2.25 bits per heavy atom. The molecule has 0 saturated carbocycles. The van der Waals surface area contributed by atoms with E-state index in [4.69, 9.17) is 32.7 Å². The van der Waals surface area contributed by atoms with Gasteiger partial charge in [-0.05, 0) is 48.5 Å². The van der Waals surface area contributed by atoms with E-state index in [0.717, 1.165) is 0 Å². The van der Waals surface area contributed by atoms with Crippen molar-refractivity contribution >= 4 is 59.3 Å². The third-order valence-electron chi connectivity index (χ3n) is 4.98. The summed E-state index contributed by atoms with van der Waals surface area (Å²) < 4.78 is 10.8. The first-order chi connectivity index (χ1) is 17.2. The molecule has 1 unspecified atom stereocenters. The standard InChI is InChI=1S/C24H35Cl2N3O6S/c1-17(2)14-21(28-22(31)20(27-16-30)8-13-36-3)23(32)35-19-6-4-18(5-7-19)15-34-24(33)29(11-9-25)12-10-26/h4-7,16-17,20-21H,8-15H2,1-3H3,(H,27,30)(H,28,31)/t20-,21?/m0/s1. The summed E-state index contributed by atoms with van der Waals surface area (Å²) in [5.74, 6) is 0.580. The molecule has 0 saturated heterocycles. The zero-order chi connectivity index (χ0) is 26.9. The molecule has 9 nitrogen and oxygen atoms in total. The summed E-state index contributed by atoms with van der Waals surface area (Å²) in [5.41, 5.74) is 0.698. The van der Waals surface area contributed by atoms with E-state index in [0.29, 0.717) is 43.7 Å². The number of hydrogen-bond acceptors (Lipinski definition) is 7. The fourth-order valence-corrected chi connectivity index (χ4v) is 4.02. The van der Waals surface area contributed by atoms with E-state index in [2.05, 4.69) is 10.6 Å². The number of halogens is 2. The van der Waals surface area contributed by atoms with Crippen LogP contribution in [0.1, 0.15) is 32.3 Å². The predicted octanol–water partition coefficient (Wildman–Crippen LogP) is 3.41. The zero-order valence-corrected chi connectivity index (χ0v) is 23.2. The first kappa shape index (κ1) is 31.9. The van der Waals surface area contributed by atoms with Gasteiger partial charge in [0.05, 0.1) is 0 Å². The number of rotatable bonds is 17. The molecular weight excluding hydrogens is 529 g/mol. The maximum absolute atomic E-state index is 12.8. The lowest BCUT2D eigenvalue weighted by Crippen LogP contribution is -2.51. The molecule has 1 aromatic carbocycles. The fraction of sp³-hybridized carbons (Fsp3) is 0.583. The number of thioether (sulfide) groups is 1. The van der Waals surface area contributed by atoms with Crippen molar-refractivity contribution in [1.82, 2.24) is 15.5 Å². The minimum atomic E-state index is -0.877. The number of nitrogens with one attached hydrogen (secondary N) is 2. The molecule has 0 aliphatic heterocycles. The van der Waals surface area contributed by atoms with E-state index in [1.165, 1.54) is 4.90 Å². The Balaban J connectivity index is 2.76. The Hall–Kier alpha value is -2.17. The van der Waals surface area contributed by atoms with E-state index < -0.39 is 30.1 Å². The van der Waals surface area contributed by atoms with Gasteiger partial charge in [0.2, 0.25) is 12.3 Å². The van der Waals surface area contributed by atoms with Crippen molar-refractivity contribution in [3.05, 3.63) is 29.8 Å². The number of hydrogen-bond donors (Lipinski definition) is 2. The third-order valence-corrected chi connectivity index (χ3v) is 5.96. The van der Waals surface area contributed by atoms with Gasteiger partial charge in [-0.2, -0.15) is 11.8 Å². The summed E-state index contributed by atoms with van der Waals surface area (Å²) in [4.78, 5) is 50.0. The summed E-state index contributed by atoms with van der Waals surface area (Å²) in [6.07, 6.45) is 2.68. The Morgan fingerprint density at radius 1 is 1.08 bits per heavy atom. The molecule has 36 heavy (non-hydrogen) atoms. The van der Waals surface area contributed by atoms with Gasteiger partial charge in [0.15, 0.2) is 0 Å². The fourth-order valence-electron chi connectivity index (χ4n) is 3.14. The number of amides is 3. The predicted molar refractivity (Wildman–Crippen MR) is 143 cm³/mol. The van der Waals surface area contributed by atoms with E-state index in [1.54, 1.807) is 36.0 Å². The molecule has 0 bridgehead atoms. The van der Waals surface area contributed by atoms with Crippen LogP contribution in [-0.4, -0.2) is 78.2 Å². The van der Waals surface area contributed by atoms with Crippen LogP contribution in [0, 0.1) is 5.92 Å². The highest BCUT2D eigenvalue weighted by Gasteiger charge is 2.27. The van der Waals surface area contributed by atoms with E-state index in [-0.39, 0.29) is 30.0 Å². The minimum absolute atomic E-state index is 0.0291. The molecule has 0 heterocycles. The third kappa shape index (κ3) is 12.2. The highest BCUT2D eigenvalue weighted by Crippen LogP contribution is 2.16. The van der Waals surface area contributed by atoms with Crippen LogP contribution in [0.15, 0.2) is 24.3 Å². The van der Waals surface area contributed by atoms with E-state index >= 15 is 0 Å². The summed E-state index contributed by atoms with van der Waals surface area (Å²) >= 11 is 13.0. The normalized spacial score (nSPS) is 12.4. The van der Waals surface area contributed by atoms with Gasteiger partial charge in [-0.3, -0.25) is 9.59 Å². The lowest BCUT2D eigenvalue weighted by atomic mass is 10.0. The van der Waals surface area contributed by atoms with Crippen molar-refractivity contribution in [3.63, 3.8) is 0 Å². The molecule has 2 N–H and O–H groups in total. The highest BCUT2D eigenvalue weighted by molar-refractivity contribution is 7.98. The number of carbonyl (C=O) groups excluding carboxylic acids is 4. The first-order valence-electron chi connectivity index (χ1n) is 11.6. The van der Waals surface area contributed by atoms with Crippen molar-refractivity contribution in [3.8, 4) is 5.75 Å². The summed E-state index contributed by atoms with van der Waals surface area (Å²) in [6, 6.07) is 4.90. The van der Waals surface area contributed by atoms with Gasteiger partial charge in [-0.15, -0.1) is 23.2 Å². The molecule has 1 rings (SSSR count). The number of carbonyl (C=O) groups is 4. The number of nitrogens with zero attached hydrogens (tertiary/aromatic N) is 1. The maximum Gasteiger partial charge on any atom is 0.410 e. The average Bonchev–Trinajstić information content (AvgIpc) is 2.85. The van der Waals surface area contributed by atoms with Crippen LogP contribution in [0.4, 0.5) is 4.79 Å². The molecule has 0 aliphatic rings. The van der Waals surface area contributed by atoms with Crippen LogP contribution in [0.25, 0.3) is 0 Å². The number of alkyl halides is 2. The van der Waals surface area contributed by atoms with Gasteiger partial charge in [0.25, 0.3) is 0 Å². The van der Waals surface area contributed by atoms with Crippen molar-refractivity contribution in [2.45, 2.75) is 45.4 Å². The molecule has 12 heteroatoms. The van der Waals surface area contributed by atoms with Crippen LogP contribution in [0.2, 0.25) is 0 Å². The van der Waals surface area contributed by atoms with Gasteiger partial charge >= 0.3 is 12.1 Å². The second kappa shape index (κ2) is 18.1. The number of esters is 1. The molecule has 0 spiro atoms. The number of benzene rings is 1. The van der Waals surface area contributed by atoms with Crippen molar-refractivity contribution in [2.24, 2.45) is 5.92 Å². The minimum Gasteiger partial charge on any atom is -0.445 e. The zero-order valence-electron chi connectivity index (χ0n) is 20.8. The molecule has 0 aliphatic carbocycles.